The lowest BCUT2D eigenvalue weighted by atomic mass is 10.2. The highest BCUT2D eigenvalue weighted by Gasteiger charge is 2.18. The molecule has 3 rings (SSSR count). The average Bonchev–Trinajstić information content (AvgIpc) is 2.98. The van der Waals surface area contributed by atoms with Crippen LogP contribution in [0.2, 0.25) is 0 Å². The second kappa shape index (κ2) is 7.33. The van der Waals surface area contributed by atoms with Crippen LogP contribution in [0.5, 0.6) is 0 Å². The minimum absolute atomic E-state index is 0.237. The number of nitrogens with zero attached hydrogens (tertiary/aromatic N) is 3. The van der Waals surface area contributed by atoms with Gasteiger partial charge in [0.25, 0.3) is 0 Å². The lowest BCUT2D eigenvalue weighted by Crippen LogP contribution is -2.47. The summed E-state index contributed by atoms with van der Waals surface area (Å²) in [4.78, 5) is 9.54. The Morgan fingerprint density at radius 2 is 1.82 bits per heavy atom. The smallest absolute Gasteiger partial charge is 0.123 e. The van der Waals surface area contributed by atoms with Crippen LogP contribution >= 0.6 is 11.3 Å². The van der Waals surface area contributed by atoms with E-state index >= 15 is 0 Å². The van der Waals surface area contributed by atoms with Gasteiger partial charge in [-0.3, -0.25) is 9.80 Å². The molecule has 1 saturated heterocycles. The topological polar surface area (TPSA) is 39.6 Å². The summed E-state index contributed by atoms with van der Waals surface area (Å²) in [6.07, 6.45) is -0.237. The molecule has 2 heterocycles. The Kier molecular flexibility index (Phi) is 5.20. The summed E-state index contributed by atoms with van der Waals surface area (Å²) in [5.74, 6) is 0. The summed E-state index contributed by atoms with van der Waals surface area (Å²) in [6, 6.07) is 10.4. The number of piperazine rings is 1. The van der Waals surface area contributed by atoms with Gasteiger partial charge in [0.1, 0.15) is 5.01 Å². The fourth-order valence-corrected chi connectivity index (χ4v) is 3.64. The van der Waals surface area contributed by atoms with Crippen molar-refractivity contribution < 1.29 is 5.11 Å². The minimum Gasteiger partial charge on any atom is -0.392 e. The summed E-state index contributed by atoms with van der Waals surface area (Å²) in [7, 11) is 0. The van der Waals surface area contributed by atoms with Gasteiger partial charge in [-0.15, -0.1) is 11.3 Å². The highest BCUT2D eigenvalue weighted by atomic mass is 32.1. The number of aliphatic hydroxyl groups excluding tert-OH is 1. The summed E-state index contributed by atoms with van der Waals surface area (Å²) < 4.78 is 0. The molecule has 5 heteroatoms. The van der Waals surface area contributed by atoms with Gasteiger partial charge in [-0.05, 0) is 6.92 Å². The Morgan fingerprint density at radius 3 is 2.50 bits per heavy atom. The van der Waals surface area contributed by atoms with Crippen molar-refractivity contribution in [3.63, 3.8) is 0 Å². The monoisotopic (exact) mass is 317 g/mol. The highest BCUT2D eigenvalue weighted by Crippen LogP contribution is 2.24. The number of aromatic nitrogens is 1. The second-order valence-corrected chi connectivity index (χ2v) is 6.79. The van der Waals surface area contributed by atoms with Crippen LogP contribution in [0.25, 0.3) is 10.6 Å². The van der Waals surface area contributed by atoms with Crippen molar-refractivity contribution in [3.05, 3.63) is 41.4 Å². The quantitative estimate of drug-likeness (QED) is 0.918. The first-order valence-electron chi connectivity index (χ1n) is 7.83. The summed E-state index contributed by atoms with van der Waals surface area (Å²) in [5, 5.41) is 12.7. The molecule has 1 aromatic heterocycles. The van der Waals surface area contributed by atoms with Gasteiger partial charge in [0, 0.05) is 50.2 Å². The molecule has 0 unspecified atom stereocenters. The summed E-state index contributed by atoms with van der Waals surface area (Å²) in [5.41, 5.74) is 2.35. The SMILES string of the molecule is C[C@H](O)CN1CCN(Cc2csc(-c3ccccc3)n2)CC1. The maximum absolute atomic E-state index is 9.45. The first kappa shape index (κ1) is 15.6. The van der Waals surface area contributed by atoms with Gasteiger partial charge in [0.2, 0.25) is 0 Å². The van der Waals surface area contributed by atoms with Crippen molar-refractivity contribution in [1.82, 2.24) is 14.8 Å². The van der Waals surface area contributed by atoms with Crippen molar-refractivity contribution in [2.75, 3.05) is 32.7 Å². The Bertz CT molecular complexity index is 577. The maximum atomic E-state index is 9.45. The van der Waals surface area contributed by atoms with Crippen molar-refractivity contribution >= 4 is 11.3 Å². The first-order chi connectivity index (χ1) is 10.7. The first-order valence-corrected chi connectivity index (χ1v) is 8.71. The zero-order chi connectivity index (χ0) is 15.4. The molecule has 4 nitrogen and oxygen atoms in total. The van der Waals surface area contributed by atoms with Crippen molar-refractivity contribution in [2.24, 2.45) is 0 Å². The number of rotatable bonds is 5. The standard InChI is InChI=1S/C17H23N3OS/c1-14(21)11-19-7-9-20(10-8-19)12-16-13-22-17(18-16)15-5-3-2-4-6-15/h2-6,13-14,21H,7-12H2,1H3/t14-/m0/s1. The molecule has 0 saturated carbocycles. The van der Waals surface area contributed by atoms with Crippen LogP contribution in [-0.4, -0.2) is 58.7 Å². The van der Waals surface area contributed by atoms with Crippen molar-refractivity contribution in [2.45, 2.75) is 19.6 Å². The zero-order valence-electron chi connectivity index (χ0n) is 13.0. The van der Waals surface area contributed by atoms with Gasteiger partial charge in [0.15, 0.2) is 0 Å². The molecule has 1 aliphatic heterocycles. The molecule has 0 spiro atoms. The van der Waals surface area contributed by atoms with Gasteiger partial charge in [-0.2, -0.15) is 0 Å². The van der Waals surface area contributed by atoms with E-state index in [1.54, 1.807) is 11.3 Å². The molecule has 1 aliphatic rings. The van der Waals surface area contributed by atoms with Crippen LogP contribution in [0.15, 0.2) is 35.7 Å². The Labute approximate surface area is 136 Å². The van der Waals surface area contributed by atoms with Gasteiger partial charge >= 0.3 is 0 Å². The summed E-state index contributed by atoms with van der Waals surface area (Å²) in [6.45, 7) is 7.71. The van der Waals surface area contributed by atoms with Crippen LogP contribution in [-0.2, 0) is 6.54 Å². The number of β-amino-alcohol motifs (C(OH)–C–C–N with tert-alkyl or cyclic N) is 1. The van der Waals surface area contributed by atoms with Gasteiger partial charge < -0.3 is 5.11 Å². The fourth-order valence-electron chi connectivity index (χ4n) is 2.83. The number of aliphatic hydroxyl groups is 1. The van der Waals surface area contributed by atoms with Crippen LogP contribution in [0.1, 0.15) is 12.6 Å². The van der Waals surface area contributed by atoms with Crippen molar-refractivity contribution in [3.8, 4) is 10.6 Å². The molecular formula is C17H23N3OS. The van der Waals surface area contributed by atoms with Crippen LogP contribution in [0.4, 0.5) is 0 Å². The third kappa shape index (κ3) is 4.14. The van der Waals surface area contributed by atoms with Crippen LogP contribution < -0.4 is 0 Å². The molecular weight excluding hydrogens is 294 g/mol. The summed E-state index contributed by atoms with van der Waals surface area (Å²) >= 11 is 1.72. The molecule has 0 radical (unpaired) electrons. The fraction of sp³-hybridized carbons (Fsp3) is 0.471. The average molecular weight is 317 g/mol. The van der Waals surface area contributed by atoms with E-state index in [4.69, 9.17) is 4.98 Å². The molecule has 0 aliphatic carbocycles. The normalized spacial score (nSPS) is 18.5. The predicted molar refractivity (Wildman–Crippen MR) is 90.9 cm³/mol. The second-order valence-electron chi connectivity index (χ2n) is 5.94. The van der Waals surface area contributed by atoms with E-state index in [-0.39, 0.29) is 6.10 Å². The molecule has 1 atom stereocenters. The molecule has 0 amide bonds. The van der Waals surface area contributed by atoms with Gasteiger partial charge in [-0.25, -0.2) is 4.98 Å². The number of benzene rings is 1. The van der Waals surface area contributed by atoms with Crippen LogP contribution in [0.3, 0.4) is 0 Å². The Balaban J connectivity index is 1.54. The van der Waals surface area contributed by atoms with E-state index < -0.39 is 0 Å². The number of hydrogen-bond acceptors (Lipinski definition) is 5. The van der Waals surface area contributed by atoms with E-state index in [1.807, 2.05) is 13.0 Å². The predicted octanol–water partition coefficient (Wildman–Crippen LogP) is 2.31. The number of hydrogen-bond donors (Lipinski definition) is 1. The van der Waals surface area contributed by atoms with Crippen LogP contribution in [0, 0.1) is 0 Å². The van der Waals surface area contributed by atoms with E-state index in [9.17, 15) is 5.11 Å². The lowest BCUT2D eigenvalue weighted by molar-refractivity contribution is 0.0777. The minimum atomic E-state index is -0.237. The maximum Gasteiger partial charge on any atom is 0.123 e. The number of thiazole rings is 1. The van der Waals surface area contributed by atoms with Gasteiger partial charge in [0.05, 0.1) is 11.8 Å². The third-order valence-electron chi connectivity index (χ3n) is 3.95. The van der Waals surface area contributed by atoms with E-state index in [2.05, 4.69) is 39.4 Å². The molecule has 22 heavy (non-hydrogen) atoms. The third-order valence-corrected chi connectivity index (χ3v) is 4.89. The van der Waals surface area contributed by atoms with E-state index in [0.29, 0.717) is 0 Å². The lowest BCUT2D eigenvalue weighted by Gasteiger charge is -2.34. The van der Waals surface area contributed by atoms with Gasteiger partial charge in [-0.1, -0.05) is 30.3 Å². The van der Waals surface area contributed by atoms with E-state index in [1.165, 1.54) is 5.56 Å². The molecule has 1 aromatic carbocycles. The molecule has 1 N–H and O–H groups in total. The molecule has 0 bridgehead atoms. The largest absolute Gasteiger partial charge is 0.392 e. The molecule has 1 fully saturated rings. The highest BCUT2D eigenvalue weighted by molar-refractivity contribution is 7.13. The Hall–Kier alpha value is -1.27. The zero-order valence-corrected chi connectivity index (χ0v) is 13.8. The van der Waals surface area contributed by atoms with E-state index in [0.717, 1.165) is 50.0 Å². The van der Waals surface area contributed by atoms with Crippen molar-refractivity contribution in [1.29, 1.82) is 0 Å². The Morgan fingerprint density at radius 1 is 1.14 bits per heavy atom. The molecule has 118 valence electrons. The molecule has 2 aromatic rings.